The molecule has 1 amide bonds. The number of rotatable bonds is 11. The van der Waals surface area contributed by atoms with Crippen molar-refractivity contribution >= 4 is 23.2 Å². The van der Waals surface area contributed by atoms with E-state index in [4.69, 9.17) is 21.1 Å². The van der Waals surface area contributed by atoms with E-state index in [1.54, 1.807) is 12.1 Å². The summed E-state index contributed by atoms with van der Waals surface area (Å²) in [6.45, 7) is 2.83. The minimum absolute atomic E-state index is 0.0975. The fourth-order valence-corrected chi connectivity index (χ4v) is 2.62. The topological polar surface area (TPSA) is 47.6 Å². The zero-order chi connectivity index (χ0) is 18.6. The number of hydrogen-bond donors (Lipinski definition) is 1. The summed E-state index contributed by atoms with van der Waals surface area (Å²) in [5.41, 5.74) is 0.702. The van der Waals surface area contributed by atoms with Crippen molar-refractivity contribution < 1.29 is 14.3 Å². The van der Waals surface area contributed by atoms with Crippen LogP contribution in [0.2, 0.25) is 5.02 Å². The van der Waals surface area contributed by atoms with Crippen LogP contribution in [0.3, 0.4) is 0 Å². The normalized spacial score (nSPS) is 10.4. The standard InChI is InChI=1S/C21H26ClNO3/c1-2-3-4-5-8-15-25-18-13-11-17(12-14-18)23-21(24)16-26-20-10-7-6-9-19(20)22/h6-7,9-14H,2-5,8,15-16H2,1H3,(H,23,24). The Morgan fingerprint density at radius 2 is 1.69 bits per heavy atom. The van der Waals surface area contributed by atoms with Gasteiger partial charge in [-0.3, -0.25) is 4.79 Å². The van der Waals surface area contributed by atoms with Crippen molar-refractivity contribution in [1.29, 1.82) is 0 Å². The molecule has 2 rings (SSSR count). The number of para-hydroxylation sites is 1. The summed E-state index contributed by atoms with van der Waals surface area (Å²) in [4.78, 5) is 12.0. The monoisotopic (exact) mass is 375 g/mol. The maximum Gasteiger partial charge on any atom is 0.262 e. The van der Waals surface area contributed by atoms with Crippen molar-refractivity contribution in [2.45, 2.75) is 39.0 Å². The molecule has 5 heteroatoms. The fourth-order valence-electron chi connectivity index (χ4n) is 2.43. The highest BCUT2D eigenvalue weighted by atomic mass is 35.5. The van der Waals surface area contributed by atoms with Gasteiger partial charge in [-0.05, 0) is 42.8 Å². The third-order valence-electron chi connectivity index (χ3n) is 3.85. The molecule has 0 spiro atoms. The van der Waals surface area contributed by atoms with E-state index in [-0.39, 0.29) is 12.5 Å². The lowest BCUT2D eigenvalue weighted by Gasteiger charge is -2.10. The van der Waals surface area contributed by atoms with E-state index in [2.05, 4.69) is 12.2 Å². The number of ether oxygens (including phenoxy) is 2. The third kappa shape index (κ3) is 7.36. The van der Waals surface area contributed by atoms with Gasteiger partial charge in [-0.15, -0.1) is 0 Å². The van der Waals surface area contributed by atoms with Gasteiger partial charge in [0.05, 0.1) is 11.6 Å². The maximum atomic E-state index is 12.0. The largest absolute Gasteiger partial charge is 0.494 e. The minimum Gasteiger partial charge on any atom is -0.494 e. The second-order valence-electron chi connectivity index (χ2n) is 6.05. The molecule has 26 heavy (non-hydrogen) atoms. The Bertz CT molecular complexity index is 673. The first-order valence-electron chi connectivity index (χ1n) is 9.09. The molecule has 0 aliphatic carbocycles. The lowest BCUT2D eigenvalue weighted by Crippen LogP contribution is -2.20. The molecule has 0 aliphatic rings. The van der Waals surface area contributed by atoms with Gasteiger partial charge in [0.25, 0.3) is 5.91 Å². The number of carbonyl (C=O) groups excluding carboxylic acids is 1. The van der Waals surface area contributed by atoms with Crippen LogP contribution in [0.5, 0.6) is 11.5 Å². The van der Waals surface area contributed by atoms with Crippen LogP contribution < -0.4 is 14.8 Å². The average molecular weight is 376 g/mol. The van der Waals surface area contributed by atoms with Crippen LogP contribution in [0.15, 0.2) is 48.5 Å². The molecule has 0 fully saturated rings. The second kappa shape index (κ2) is 11.4. The minimum atomic E-state index is -0.241. The van der Waals surface area contributed by atoms with E-state index in [1.165, 1.54) is 25.7 Å². The Morgan fingerprint density at radius 1 is 0.962 bits per heavy atom. The Labute approximate surface area is 160 Å². The highest BCUT2D eigenvalue weighted by Gasteiger charge is 2.06. The first-order valence-corrected chi connectivity index (χ1v) is 9.47. The number of hydrogen-bond acceptors (Lipinski definition) is 3. The zero-order valence-electron chi connectivity index (χ0n) is 15.2. The molecule has 0 heterocycles. The van der Waals surface area contributed by atoms with Crippen LogP contribution in [0.25, 0.3) is 0 Å². The van der Waals surface area contributed by atoms with E-state index in [9.17, 15) is 4.79 Å². The van der Waals surface area contributed by atoms with Crippen molar-refractivity contribution in [3.63, 3.8) is 0 Å². The van der Waals surface area contributed by atoms with Crippen LogP contribution in [0, 0.1) is 0 Å². The summed E-state index contributed by atoms with van der Waals surface area (Å²) in [5, 5.41) is 3.27. The summed E-state index contributed by atoms with van der Waals surface area (Å²) in [6, 6.07) is 14.4. The average Bonchev–Trinajstić information content (AvgIpc) is 2.65. The van der Waals surface area contributed by atoms with Crippen molar-refractivity contribution in [3.8, 4) is 11.5 Å². The summed E-state index contributed by atoms with van der Waals surface area (Å²) in [6.07, 6.45) is 6.07. The molecule has 4 nitrogen and oxygen atoms in total. The zero-order valence-corrected chi connectivity index (χ0v) is 15.9. The second-order valence-corrected chi connectivity index (χ2v) is 6.46. The molecule has 2 aromatic rings. The highest BCUT2D eigenvalue weighted by Crippen LogP contribution is 2.23. The van der Waals surface area contributed by atoms with Gasteiger partial charge in [0, 0.05) is 5.69 Å². The molecule has 140 valence electrons. The van der Waals surface area contributed by atoms with Gasteiger partial charge in [-0.1, -0.05) is 56.3 Å². The lowest BCUT2D eigenvalue weighted by atomic mass is 10.2. The smallest absolute Gasteiger partial charge is 0.262 e. The molecule has 0 atom stereocenters. The molecule has 0 unspecified atom stereocenters. The molecule has 0 saturated heterocycles. The van der Waals surface area contributed by atoms with Crippen LogP contribution in [0.4, 0.5) is 5.69 Å². The Kier molecular flexibility index (Phi) is 8.84. The van der Waals surface area contributed by atoms with E-state index in [0.29, 0.717) is 16.5 Å². The van der Waals surface area contributed by atoms with Crippen molar-refractivity contribution in [1.82, 2.24) is 0 Å². The fraction of sp³-hybridized carbons (Fsp3) is 0.381. The number of amides is 1. The quantitative estimate of drug-likeness (QED) is 0.512. The van der Waals surface area contributed by atoms with Gasteiger partial charge in [-0.2, -0.15) is 0 Å². The number of benzene rings is 2. The predicted octanol–water partition coefficient (Wildman–Crippen LogP) is 5.71. The lowest BCUT2D eigenvalue weighted by molar-refractivity contribution is -0.118. The van der Waals surface area contributed by atoms with Gasteiger partial charge in [0.1, 0.15) is 11.5 Å². The van der Waals surface area contributed by atoms with Crippen molar-refractivity contribution in [3.05, 3.63) is 53.6 Å². The van der Waals surface area contributed by atoms with Crippen LogP contribution in [-0.4, -0.2) is 19.1 Å². The Hall–Kier alpha value is -2.20. The van der Waals surface area contributed by atoms with E-state index >= 15 is 0 Å². The van der Waals surface area contributed by atoms with E-state index in [1.807, 2.05) is 36.4 Å². The predicted molar refractivity (Wildman–Crippen MR) is 106 cm³/mol. The first-order chi connectivity index (χ1) is 12.7. The molecule has 0 saturated carbocycles. The molecule has 0 aliphatic heterocycles. The van der Waals surface area contributed by atoms with Crippen LogP contribution in [0.1, 0.15) is 39.0 Å². The van der Waals surface area contributed by atoms with Gasteiger partial charge in [0.2, 0.25) is 0 Å². The Balaban J connectivity index is 1.69. The van der Waals surface area contributed by atoms with Crippen LogP contribution in [-0.2, 0) is 4.79 Å². The third-order valence-corrected chi connectivity index (χ3v) is 4.16. The first kappa shape index (κ1) is 20.1. The molecule has 0 radical (unpaired) electrons. The Morgan fingerprint density at radius 3 is 2.42 bits per heavy atom. The summed E-state index contributed by atoms with van der Waals surface area (Å²) < 4.78 is 11.1. The van der Waals surface area contributed by atoms with E-state index in [0.717, 1.165) is 18.8 Å². The number of carbonyl (C=O) groups is 1. The maximum absolute atomic E-state index is 12.0. The van der Waals surface area contributed by atoms with Crippen molar-refractivity contribution in [2.75, 3.05) is 18.5 Å². The molecular weight excluding hydrogens is 350 g/mol. The van der Waals surface area contributed by atoms with Gasteiger partial charge < -0.3 is 14.8 Å². The van der Waals surface area contributed by atoms with Gasteiger partial charge in [0.15, 0.2) is 6.61 Å². The summed E-state index contributed by atoms with van der Waals surface area (Å²) in [5.74, 6) is 1.06. The summed E-state index contributed by atoms with van der Waals surface area (Å²) >= 11 is 5.99. The highest BCUT2D eigenvalue weighted by molar-refractivity contribution is 6.32. The number of nitrogens with one attached hydrogen (secondary N) is 1. The summed E-state index contributed by atoms with van der Waals surface area (Å²) in [7, 11) is 0. The van der Waals surface area contributed by atoms with Gasteiger partial charge in [-0.25, -0.2) is 0 Å². The number of anilines is 1. The molecule has 1 N–H and O–H groups in total. The van der Waals surface area contributed by atoms with Crippen LogP contribution >= 0.6 is 11.6 Å². The molecule has 0 aromatic heterocycles. The number of halogens is 1. The molecular formula is C21H26ClNO3. The SMILES string of the molecule is CCCCCCCOc1ccc(NC(=O)COc2ccccc2Cl)cc1. The molecule has 0 bridgehead atoms. The van der Waals surface area contributed by atoms with Gasteiger partial charge >= 0.3 is 0 Å². The molecule has 2 aromatic carbocycles. The number of unbranched alkanes of at least 4 members (excludes halogenated alkanes) is 4. The van der Waals surface area contributed by atoms with Crippen molar-refractivity contribution in [2.24, 2.45) is 0 Å². The van der Waals surface area contributed by atoms with E-state index < -0.39 is 0 Å².